The minimum absolute atomic E-state index is 0. The van der Waals surface area contributed by atoms with Crippen molar-refractivity contribution in [3.8, 4) is 0 Å². The van der Waals surface area contributed by atoms with E-state index in [1.807, 2.05) is 0 Å². The van der Waals surface area contributed by atoms with Crippen LogP contribution in [0.5, 0.6) is 0 Å². The van der Waals surface area contributed by atoms with Gasteiger partial charge in [-0.15, -0.1) is 34.9 Å². The molecule has 0 spiro atoms. The summed E-state index contributed by atoms with van der Waals surface area (Å²) in [6, 6.07) is -0.791. The van der Waals surface area contributed by atoms with Crippen LogP contribution >= 0.6 is 34.9 Å². The number of rotatable bonds is 8. The van der Waals surface area contributed by atoms with Crippen LogP contribution < -0.4 is 45.7 Å². The number of ether oxygens (including phenoxy) is 1. The van der Waals surface area contributed by atoms with Gasteiger partial charge in [-0.05, 0) is 24.5 Å². The summed E-state index contributed by atoms with van der Waals surface area (Å²) >= 11 is 3.84. The molecule has 2 unspecified atom stereocenters. The molecule has 3 aliphatic heterocycles. The number of β-lactam (4-membered cyclic amide) rings is 1. The summed E-state index contributed by atoms with van der Waals surface area (Å²) in [4.78, 5) is 48.0. The normalized spacial score (nSPS) is 27.3. The molecule has 1 aromatic heterocycles. The zero-order valence-corrected chi connectivity index (χ0v) is 23.3. The van der Waals surface area contributed by atoms with Gasteiger partial charge in [0, 0.05) is 30.9 Å². The molecule has 3 fully saturated rings. The summed E-state index contributed by atoms with van der Waals surface area (Å²) in [5.74, 6) is -0.773. The first kappa shape index (κ1) is 27.6. The number of aliphatic carboxylic acids is 1. The van der Waals surface area contributed by atoms with E-state index in [0.717, 1.165) is 24.2 Å². The smallest absolute Gasteiger partial charge is 0.549 e. The van der Waals surface area contributed by atoms with Crippen molar-refractivity contribution in [2.45, 2.75) is 29.0 Å². The summed E-state index contributed by atoms with van der Waals surface area (Å²) in [5, 5.41) is 20.0. The maximum Gasteiger partial charge on any atom is 1.00 e. The van der Waals surface area contributed by atoms with Gasteiger partial charge in [0.05, 0.1) is 10.7 Å². The van der Waals surface area contributed by atoms with Gasteiger partial charge in [-0.25, -0.2) is 4.98 Å². The second-order valence-corrected chi connectivity index (χ2v) is 11.4. The van der Waals surface area contributed by atoms with Crippen molar-refractivity contribution < 1.29 is 58.6 Å². The molecular weight excluding hydrogens is 513 g/mol. The van der Waals surface area contributed by atoms with Gasteiger partial charge in [0.15, 0.2) is 10.8 Å². The zero-order chi connectivity index (χ0) is 23.6. The summed E-state index contributed by atoms with van der Waals surface area (Å²) in [6.07, 6.45) is 1.80. The Morgan fingerprint density at radius 1 is 1.47 bits per heavy atom. The molecule has 4 heterocycles. The van der Waals surface area contributed by atoms with Gasteiger partial charge in [-0.2, -0.15) is 0 Å². The van der Waals surface area contributed by atoms with Crippen LogP contribution in [0.2, 0.25) is 0 Å². The van der Waals surface area contributed by atoms with E-state index in [2.05, 4.69) is 15.5 Å². The number of hydrogen-bond acceptors (Lipinski definition) is 12. The van der Waals surface area contributed by atoms with Crippen LogP contribution in [0.15, 0.2) is 10.5 Å². The summed E-state index contributed by atoms with van der Waals surface area (Å²) in [6.45, 7) is 1.43. The molecule has 180 valence electrons. The number of amides is 2. The van der Waals surface area contributed by atoms with E-state index in [9.17, 15) is 19.5 Å². The minimum Gasteiger partial charge on any atom is -0.549 e. The molecule has 3 atom stereocenters. The molecule has 1 aromatic rings. The van der Waals surface area contributed by atoms with Crippen molar-refractivity contribution in [2.24, 2.45) is 11.1 Å². The molecule has 34 heavy (non-hydrogen) atoms. The molecule has 2 amide bonds. The predicted octanol–water partition coefficient (Wildman–Crippen LogP) is -3.87. The molecule has 15 heteroatoms. The number of nitrogens with one attached hydrogen (secondary N) is 1. The van der Waals surface area contributed by atoms with Gasteiger partial charge < -0.3 is 35.4 Å². The number of oxime groups is 1. The third kappa shape index (κ3) is 5.68. The number of thiazole rings is 1. The molecule has 3 saturated heterocycles. The predicted molar refractivity (Wildman–Crippen MR) is 124 cm³/mol. The van der Waals surface area contributed by atoms with Crippen LogP contribution in [0.3, 0.4) is 0 Å². The van der Waals surface area contributed by atoms with E-state index < -0.39 is 22.7 Å². The number of nitrogens with two attached hydrogens (primary N) is 1. The van der Waals surface area contributed by atoms with Gasteiger partial charge >= 0.3 is 29.6 Å². The molecule has 0 aliphatic carbocycles. The number of carboxylic acids is 1. The number of nitrogen functional groups attached to an aromatic ring is 1. The van der Waals surface area contributed by atoms with E-state index >= 15 is 0 Å². The Balaban J connectivity index is 0.00000324. The van der Waals surface area contributed by atoms with Crippen LogP contribution in [0.25, 0.3) is 0 Å². The third-order valence-electron chi connectivity index (χ3n) is 5.81. The van der Waals surface area contributed by atoms with Crippen LogP contribution in [-0.2, 0) is 24.0 Å². The van der Waals surface area contributed by atoms with Gasteiger partial charge in [0.2, 0.25) is 5.91 Å². The number of thioether (sulfide) groups is 2. The maximum atomic E-state index is 12.8. The first-order valence-electron chi connectivity index (χ1n) is 10.3. The molecule has 3 N–H and O–H groups in total. The standard InChI is InChI=1S/C19H25N5O6S3.Na/c1-29-23-12(11-7-31-18(20)21-11)14(25)22-13-15(26)24-8-19(17(27)28,9-32-16(13)24)33-6-10-2-4-30-5-3-10;/h7,10,13,16H,2-6,8-9H2,1H3,(H2,20,21)(H,22,25)(H,27,28);/q;+1/p-1/t13?,16-,19?;/m1./s1. The molecular formula is C19H24N5NaO6S3. The molecule has 0 radical (unpaired) electrons. The van der Waals surface area contributed by atoms with E-state index in [0.29, 0.717) is 24.9 Å². The van der Waals surface area contributed by atoms with Gasteiger partial charge in [0.1, 0.15) is 24.2 Å². The second-order valence-electron chi connectivity index (χ2n) is 7.96. The van der Waals surface area contributed by atoms with E-state index in [-0.39, 0.29) is 69.7 Å². The summed E-state index contributed by atoms with van der Waals surface area (Å²) < 4.78 is 4.19. The third-order valence-corrected chi connectivity index (χ3v) is 9.83. The zero-order valence-electron chi connectivity index (χ0n) is 18.9. The number of nitrogens with zero attached hydrogens (tertiary/aromatic N) is 3. The van der Waals surface area contributed by atoms with Crippen LogP contribution in [0.4, 0.5) is 5.13 Å². The fourth-order valence-electron chi connectivity index (χ4n) is 3.91. The molecule has 0 bridgehead atoms. The number of anilines is 1. The SMILES string of the molecule is CON=C(C(=O)NC1C(=O)N2CC(SCC3CCOCC3)(C(=O)[O-])CS[C@H]12)c1csc(N)n1.[Na+]. The molecule has 0 saturated carbocycles. The molecule has 4 rings (SSSR count). The van der Waals surface area contributed by atoms with E-state index in [1.165, 1.54) is 35.5 Å². The van der Waals surface area contributed by atoms with Crippen molar-refractivity contribution in [2.75, 3.05) is 44.1 Å². The number of hydrogen-bond donors (Lipinski definition) is 2. The maximum absolute atomic E-state index is 12.8. The summed E-state index contributed by atoms with van der Waals surface area (Å²) in [5.41, 5.74) is 5.80. The minimum atomic E-state index is -1.18. The van der Waals surface area contributed by atoms with Crippen molar-refractivity contribution in [3.63, 3.8) is 0 Å². The van der Waals surface area contributed by atoms with Crippen LogP contribution in [0, 0.1) is 5.92 Å². The Hall–Kier alpha value is -1.03. The molecule has 0 aromatic carbocycles. The average Bonchev–Trinajstić information content (AvgIpc) is 3.25. The quantitative estimate of drug-likeness (QED) is 0.145. The fourth-order valence-corrected chi connectivity index (χ4v) is 7.62. The van der Waals surface area contributed by atoms with Crippen molar-refractivity contribution in [1.29, 1.82) is 0 Å². The first-order valence-corrected chi connectivity index (χ1v) is 13.2. The van der Waals surface area contributed by atoms with Crippen molar-refractivity contribution >= 4 is 63.5 Å². The van der Waals surface area contributed by atoms with Crippen molar-refractivity contribution in [3.05, 3.63) is 11.1 Å². The number of carbonyl (C=O) groups excluding carboxylic acids is 3. The molecule has 3 aliphatic rings. The first-order chi connectivity index (χ1) is 15.8. The molecule has 11 nitrogen and oxygen atoms in total. The second kappa shape index (κ2) is 11.8. The number of carbonyl (C=O) groups is 3. The Kier molecular flexibility index (Phi) is 9.57. The largest absolute Gasteiger partial charge is 1.00 e. The van der Waals surface area contributed by atoms with Crippen LogP contribution in [0.1, 0.15) is 18.5 Å². The van der Waals surface area contributed by atoms with E-state index in [4.69, 9.17) is 15.3 Å². The Labute approximate surface area is 231 Å². The van der Waals surface area contributed by atoms with Gasteiger partial charge in [0.25, 0.3) is 5.91 Å². The fraction of sp³-hybridized carbons (Fsp3) is 0.632. The monoisotopic (exact) mass is 537 g/mol. The van der Waals surface area contributed by atoms with Gasteiger partial charge in [-0.3, -0.25) is 9.59 Å². The Morgan fingerprint density at radius 3 is 2.82 bits per heavy atom. The number of carboxylic acid groups (broad SMARTS) is 1. The summed E-state index contributed by atoms with van der Waals surface area (Å²) in [7, 11) is 1.30. The topological polar surface area (TPSA) is 159 Å². The number of fused-ring (bicyclic) bond motifs is 1. The average molecular weight is 538 g/mol. The van der Waals surface area contributed by atoms with Gasteiger partial charge in [-0.1, -0.05) is 5.16 Å². The Morgan fingerprint density at radius 2 is 2.21 bits per heavy atom. The Bertz CT molecular complexity index is 959. The van der Waals surface area contributed by atoms with Crippen LogP contribution in [-0.4, -0.2) is 87.9 Å². The number of aromatic nitrogens is 1. The van der Waals surface area contributed by atoms with E-state index in [1.54, 1.807) is 5.38 Å². The van der Waals surface area contributed by atoms with Crippen molar-refractivity contribution in [1.82, 2.24) is 15.2 Å².